The zero-order valence-corrected chi connectivity index (χ0v) is 21.4. The third-order valence-electron chi connectivity index (χ3n) is 5.81. The van der Waals surface area contributed by atoms with Crippen LogP contribution < -0.4 is 10.0 Å². The van der Waals surface area contributed by atoms with Crippen LogP contribution >= 0.6 is 11.3 Å². The molecule has 0 spiro atoms. The Morgan fingerprint density at radius 2 is 1.92 bits per heavy atom. The Bertz CT molecular complexity index is 1400. The van der Waals surface area contributed by atoms with E-state index in [-0.39, 0.29) is 33.7 Å². The van der Waals surface area contributed by atoms with E-state index in [2.05, 4.69) is 20.0 Å². The summed E-state index contributed by atoms with van der Waals surface area (Å²) in [5.74, 6) is -0.982. The van der Waals surface area contributed by atoms with Crippen LogP contribution in [0.2, 0.25) is 0 Å². The van der Waals surface area contributed by atoms with Crippen molar-refractivity contribution in [3.63, 3.8) is 0 Å². The van der Waals surface area contributed by atoms with Gasteiger partial charge in [-0.15, -0.1) is 0 Å². The second-order valence-electron chi connectivity index (χ2n) is 8.54. The monoisotopic (exact) mass is 530 g/mol. The number of aryl methyl sites for hydroxylation is 2. The van der Waals surface area contributed by atoms with Crippen molar-refractivity contribution in [1.82, 2.24) is 9.97 Å². The number of anilines is 2. The fourth-order valence-electron chi connectivity index (χ4n) is 3.94. The molecule has 1 aliphatic rings. The van der Waals surface area contributed by atoms with Gasteiger partial charge in [0.05, 0.1) is 21.8 Å². The number of benzene rings is 1. The van der Waals surface area contributed by atoms with E-state index >= 15 is 0 Å². The number of carbonyl (C=O) groups is 2. The van der Waals surface area contributed by atoms with Crippen molar-refractivity contribution in [3.8, 4) is 10.4 Å². The Morgan fingerprint density at radius 1 is 1.17 bits per heavy atom. The summed E-state index contributed by atoms with van der Waals surface area (Å²) >= 11 is 1.25. The number of ether oxygens (including phenoxy) is 1. The van der Waals surface area contributed by atoms with Crippen molar-refractivity contribution in [2.24, 2.45) is 5.92 Å². The minimum atomic E-state index is -4.06. The van der Waals surface area contributed by atoms with Gasteiger partial charge in [-0.25, -0.2) is 18.2 Å². The molecule has 12 heteroatoms. The highest BCUT2D eigenvalue weighted by atomic mass is 32.2. The summed E-state index contributed by atoms with van der Waals surface area (Å²) in [4.78, 5) is 33.1. The van der Waals surface area contributed by atoms with Gasteiger partial charge >= 0.3 is 5.97 Å². The van der Waals surface area contributed by atoms with Crippen molar-refractivity contribution < 1.29 is 27.9 Å². The molecule has 1 fully saturated rings. The Kier molecular flexibility index (Phi) is 7.67. The maximum atomic E-state index is 13.1. The van der Waals surface area contributed by atoms with E-state index in [1.165, 1.54) is 41.7 Å². The highest BCUT2D eigenvalue weighted by molar-refractivity contribution is 7.92. The second-order valence-corrected chi connectivity index (χ2v) is 11.2. The summed E-state index contributed by atoms with van der Waals surface area (Å²) in [7, 11) is -4.06. The lowest BCUT2D eigenvalue weighted by atomic mass is 9.96. The molecule has 0 saturated carbocycles. The summed E-state index contributed by atoms with van der Waals surface area (Å²) in [5.41, 5.74) is 1.55. The fourth-order valence-corrected chi connectivity index (χ4v) is 6.17. The molecule has 0 bridgehead atoms. The first-order chi connectivity index (χ1) is 17.1. The largest absolute Gasteiger partial charge is 0.478 e. The molecule has 1 amide bonds. The third-order valence-corrected chi connectivity index (χ3v) is 8.43. The van der Waals surface area contributed by atoms with Crippen LogP contribution in [0.3, 0.4) is 0 Å². The quantitative estimate of drug-likeness (QED) is 0.395. The van der Waals surface area contributed by atoms with Gasteiger partial charge in [-0.1, -0.05) is 17.4 Å². The number of carboxylic acids is 1. The molecule has 3 aromatic rings. The topological polar surface area (TPSA) is 148 Å². The smallest absolute Gasteiger partial charge is 0.335 e. The number of pyridine rings is 1. The van der Waals surface area contributed by atoms with Crippen molar-refractivity contribution >= 4 is 44.1 Å². The van der Waals surface area contributed by atoms with Crippen LogP contribution in [0, 0.1) is 19.8 Å². The number of carbonyl (C=O) groups excluding carboxylic acids is 1. The van der Waals surface area contributed by atoms with Gasteiger partial charge in [-0.2, -0.15) is 0 Å². The molecule has 1 aromatic carbocycles. The van der Waals surface area contributed by atoms with Crippen LogP contribution in [0.1, 0.15) is 41.0 Å². The summed E-state index contributed by atoms with van der Waals surface area (Å²) in [6, 6.07) is 7.05. The summed E-state index contributed by atoms with van der Waals surface area (Å²) in [6.45, 7) is 4.70. The number of carboxylic acid groups (broad SMARTS) is 1. The van der Waals surface area contributed by atoms with E-state index in [9.17, 15) is 23.1 Å². The number of rotatable bonds is 8. The minimum absolute atomic E-state index is 0.0366. The van der Waals surface area contributed by atoms with Crippen LogP contribution in [-0.4, -0.2) is 48.6 Å². The van der Waals surface area contributed by atoms with Crippen molar-refractivity contribution in [2.75, 3.05) is 23.3 Å². The summed E-state index contributed by atoms with van der Waals surface area (Å²) in [5, 5.41) is 12.5. The van der Waals surface area contributed by atoms with Crippen LogP contribution in [0.5, 0.6) is 0 Å². The molecule has 0 aliphatic carbocycles. The maximum Gasteiger partial charge on any atom is 0.335 e. The number of thiazole rings is 1. The predicted molar refractivity (Wildman–Crippen MR) is 136 cm³/mol. The summed E-state index contributed by atoms with van der Waals surface area (Å²) < 4.78 is 34.0. The first-order valence-electron chi connectivity index (χ1n) is 11.3. The van der Waals surface area contributed by atoms with Gasteiger partial charge in [0.15, 0.2) is 5.13 Å². The zero-order chi connectivity index (χ0) is 25.9. The van der Waals surface area contributed by atoms with E-state index in [4.69, 9.17) is 4.74 Å². The second kappa shape index (κ2) is 10.7. The molecule has 0 atom stereocenters. The molecule has 1 saturated heterocycles. The van der Waals surface area contributed by atoms with Crippen LogP contribution in [0.25, 0.3) is 10.4 Å². The first kappa shape index (κ1) is 25.7. The Labute approximate surface area is 212 Å². The van der Waals surface area contributed by atoms with Gasteiger partial charge in [0.1, 0.15) is 4.90 Å². The highest BCUT2D eigenvalue weighted by Gasteiger charge is 2.22. The first-order valence-corrected chi connectivity index (χ1v) is 13.6. The van der Waals surface area contributed by atoms with E-state index < -0.39 is 16.0 Å². The molecule has 0 radical (unpaired) electrons. The molecule has 0 unspecified atom stereocenters. The molecular weight excluding hydrogens is 504 g/mol. The molecular formula is C24H26N4O6S2. The number of sulfonamides is 1. The number of amides is 1. The Balaban J connectivity index is 1.54. The molecule has 36 heavy (non-hydrogen) atoms. The average Bonchev–Trinajstić information content (AvgIpc) is 3.19. The van der Waals surface area contributed by atoms with Gasteiger partial charge in [0.25, 0.3) is 10.0 Å². The molecule has 4 rings (SSSR count). The lowest BCUT2D eigenvalue weighted by molar-refractivity contribution is -0.117. The average molecular weight is 531 g/mol. The van der Waals surface area contributed by atoms with Gasteiger partial charge in [0, 0.05) is 37.1 Å². The van der Waals surface area contributed by atoms with Crippen molar-refractivity contribution in [2.45, 2.75) is 38.0 Å². The molecule has 2 aromatic heterocycles. The van der Waals surface area contributed by atoms with Crippen molar-refractivity contribution in [3.05, 3.63) is 53.5 Å². The number of hydrogen-bond acceptors (Lipinski definition) is 8. The number of nitrogens with one attached hydrogen (secondary N) is 2. The molecule has 10 nitrogen and oxygen atoms in total. The van der Waals surface area contributed by atoms with Crippen LogP contribution in [0.15, 0.2) is 41.4 Å². The normalized spacial score (nSPS) is 14.4. The third kappa shape index (κ3) is 6.07. The molecule has 3 N–H and O–H groups in total. The van der Waals surface area contributed by atoms with Crippen LogP contribution in [0.4, 0.5) is 10.8 Å². The Hall–Kier alpha value is -3.35. The van der Waals surface area contributed by atoms with E-state index in [0.29, 0.717) is 40.9 Å². The Morgan fingerprint density at radius 3 is 2.64 bits per heavy atom. The maximum absolute atomic E-state index is 13.1. The van der Waals surface area contributed by atoms with Crippen LogP contribution in [-0.2, 0) is 19.6 Å². The van der Waals surface area contributed by atoms with Gasteiger partial charge in [-0.3, -0.25) is 14.5 Å². The highest BCUT2D eigenvalue weighted by Crippen LogP contribution is 2.34. The number of hydrogen-bond donors (Lipinski definition) is 3. The van der Waals surface area contributed by atoms with E-state index in [1.54, 1.807) is 20.0 Å². The number of nitrogens with zero attached hydrogens (tertiary/aromatic N) is 2. The lowest BCUT2D eigenvalue weighted by Crippen LogP contribution is -2.22. The number of aromatic carboxylic acids is 1. The number of aromatic nitrogens is 2. The minimum Gasteiger partial charge on any atom is -0.478 e. The predicted octanol–water partition coefficient (Wildman–Crippen LogP) is 4.08. The fraction of sp³-hybridized carbons (Fsp3) is 0.333. The van der Waals surface area contributed by atoms with Gasteiger partial charge < -0.3 is 15.2 Å². The molecule has 190 valence electrons. The summed E-state index contributed by atoms with van der Waals surface area (Å²) in [6.07, 6.45) is 3.68. The lowest BCUT2D eigenvalue weighted by Gasteiger charge is -2.20. The zero-order valence-electron chi connectivity index (χ0n) is 19.8. The van der Waals surface area contributed by atoms with Gasteiger partial charge in [-0.05, 0) is 56.9 Å². The standard InChI is InChI=1S/C24H26N4O6S2/c1-14-20(36(32,33)28-19-5-3-4-17(11-19)23(30)31)12-18(13-25-14)22-15(2)26-24(35-22)27-21(29)10-16-6-8-34-9-7-16/h3-5,11-13,16,28H,6-10H2,1-2H3,(H,30,31)(H,26,27,29). The van der Waals surface area contributed by atoms with Gasteiger partial charge in [0.2, 0.25) is 5.91 Å². The van der Waals surface area contributed by atoms with Crippen molar-refractivity contribution in [1.29, 1.82) is 0 Å². The van der Waals surface area contributed by atoms with E-state index in [1.807, 2.05) is 0 Å². The SMILES string of the molecule is Cc1ncc(-c2sc(NC(=O)CC3CCOCC3)nc2C)cc1S(=O)(=O)Nc1cccc(C(=O)O)c1. The van der Waals surface area contributed by atoms with E-state index in [0.717, 1.165) is 12.8 Å². The molecule has 3 heterocycles. The molecule has 1 aliphatic heterocycles.